The molecular formula is C20H21BrF3N3O2. The fourth-order valence-corrected chi connectivity index (χ4v) is 3.87. The van der Waals surface area contributed by atoms with Gasteiger partial charge in [0.2, 0.25) is 0 Å². The number of benzene rings is 1. The summed E-state index contributed by atoms with van der Waals surface area (Å²) in [6, 6.07) is 6.84. The molecule has 5 nitrogen and oxygen atoms in total. The van der Waals surface area contributed by atoms with Crippen LogP contribution in [0.1, 0.15) is 49.4 Å². The van der Waals surface area contributed by atoms with Gasteiger partial charge in [-0.25, -0.2) is 4.79 Å². The van der Waals surface area contributed by atoms with E-state index in [-0.39, 0.29) is 13.0 Å². The highest BCUT2D eigenvalue weighted by molar-refractivity contribution is 9.10. The van der Waals surface area contributed by atoms with E-state index in [0.29, 0.717) is 23.4 Å². The van der Waals surface area contributed by atoms with Gasteiger partial charge >= 0.3 is 12.3 Å². The average Bonchev–Trinajstić information content (AvgIpc) is 2.67. The van der Waals surface area contributed by atoms with E-state index in [9.17, 15) is 18.0 Å². The van der Waals surface area contributed by atoms with Crippen molar-refractivity contribution in [1.29, 1.82) is 0 Å². The molecule has 0 saturated carbocycles. The number of alkyl halides is 3. The molecule has 3 rings (SSSR count). The molecule has 1 aromatic heterocycles. The van der Waals surface area contributed by atoms with Gasteiger partial charge in [-0.05, 0) is 71.6 Å². The number of hydrogen-bond acceptors (Lipinski definition) is 4. The monoisotopic (exact) mass is 471 g/mol. The highest BCUT2D eigenvalue weighted by Crippen LogP contribution is 2.47. The lowest BCUT2D eigenvalue weighted by Crippen LogP contribution is -2.61. The fraction of sp³-hybridized carbons (Fsp3) is 0.400. The molecule has 2 N–H and O–H groups in total. The summed E-state index contributed by atoms with van der Waals surface area (Å²) in [5.74, 6) is -0.504. The highest BCUT2D eigenvalue weighted by atomic mass is 79.9. The van der Waals surface area contributed by atoms with Crippen molar-refractivity contribution in [2.75, 3.05) is 11.5 Å². The van der Waals surface area contributed by atoms with E-state index in [4.69, 9.17) is 10.5 Å². The summed E-state index contributed by atoms with van der Waals surface area (Å²) in [5.41, 5.74) is 5.92. The number of carbonyl (C=O) groups is 1. The van der Waals surface area contributed by atoms with Crippen molar-refractivity contribution in [2.45, 2.75) is 44.4 Å². The number of nitrogens with two attached hydrogens (primary N) is 1. The van der Waals surface area contributed by atoms with Crippen LogP contribution in [0.5, 0.6) is 0 Å². The van der Waals surface area contributed by atoms with Crippen molar-refractivity contribution >= 4 is 27.7 Å². The Labute approximate surface area is 175 Å². The molecule has 1 aromatic carbocycles. The minimum atomic E-state index is -4.51. The highest BCUT2D eigenvalue weighted by Gasteiger charge is 2.46. The summed E-state index contributed by atoms with van der Waals surface area (Å²) >= 11 is 3.32. The van der Waals surface area contributed by atoms with Crippen LogP contribution in [0, 0.1) is 0 Å². The minimum absolute atomic E-state index is 0.128. The summed E-state index contributed by atoms with van der Waals surface area (Å²) in [6.45, 7) is 3.62. The molecule has 2 heterocycles. The molecule has 1 amide bonds. The Bertz CT molecular complexity index is 905. The molecule has 9 heteroatoms. The van der Waals surface area contributed by atoms with E-state index in [2.05, 4.69) is 20.9 Å². The first-order chi connectivity index (χ1) is 13.6. The lowest BCUT2D eigenvalue weighted by atomic mass is 9.78. The summed E-state index contributed by atoms with van der Waals surface area (Å²) in [7, 11) is 0. The normalized spacial score (nSPS) is 21.6. The van der Waals surface area contributed by atoms with Crippen LogP contribution in [-0.4, -0.2) is 23.3 Å². The third kappa shape index (κ3) is 4.11. The molecule has 0 bridgehead atoms. The van der Waals surface area contributed by atoms with Crippen molar-refractivity contribution in [3.63, 3.8) is 0 Å². The minimum Gasteiger partial charge on any atom is -0.449 e. The standard InChI is InChI=1S/C20H21BrF3N3O2/c1-3-19(25)10-15(16-7-6-13(21)11-26-16)14-9-12(20(22,23)24)5-8-17(14)27(19)18(28)29-4-2/h5-9,11,15H,3-4,10,25H2,1-2H3/t15-,19+/m0/s1. The van der Waals surface area contributed by atoms with Crippen LogP contribution < -0.4 is 10.6 Å². The first kappa shape index (κ1) is 21.6. The van der Waals surface area contributed by atoms with Crippen LogP contribution >= 0.6 is 15.9 Å². The fourth-order valence-electron chi connectivity index (χ4n) is 3.64. The number of fused-ring (bicyclic) bond motifs is 1. The molecule has 0 aliphatic carbocycles. The number of amides is 1. The number of rotatable bonds is 3. The lowest BCUT2D eigenvalue weighted by Gasteiger charge is -2.47. The molecule has 2 atom stereocenters. The number of anilines is 1. The zero-order chi connectivity index (χ0) is 21.4. The molecule has 0 unspecified atom stereocenters. The number of halogens is 4. The molecule has 1 aliphatic heterocycles. The van der Waals surface area contributed by atoms with Gasteiger partial charge in [0.1, 0.15) is 5.66 Å². The third-order valence-electron chi connectivity index (χ3n) is 5.14. The maximum atomic E-state index is 13.4. The van der Waals surface area contributed by atoms with Crippen molar-refractivity contribution in [1.82, 2.24) is 4.98 Å². The zero-order valence-electron chi connectivity index (χ0n) is 16.0. The van der Waals surface area contributed by atoms with Crippen molar-refractivity contribution in [2.24, 2.45) is 5.73 Å². The Kier molecular flexibility index (Phi) is 5.91. The van der Waals surface area contributed by atoms with Gasteiger partial charge in [0.15, 0.2) is 0 Å². The predicted octanol–water partition coefficient (Wildman–Crippen LogP) is 5.43. The van der Waals surface area contributed by atoms with Crippen molar-refractivity contribution in [3.05, 3.63) is 57.8 Å². The number of ether oxygens (including phenoxy) is 1. The second-order valence-corrected chi connectivity index (χ2v) is 7.84. The molecule has 0 fully saturated rings. The molecular weight excluding hydrogens is 451 g/mol. The molecule has 156 valence electrons. The molecule has 0 radical (unpaired) electrons. The SMILES string of the molecule is CCOC(=O)N1c2ccc(C(F)(F)F)cc2[C@@H](c2ccc(Br)cn2)C[C@@]1(N)CC. The van der Waals surface area contributed by atoms with E-state index < -0.39 is 29.4 Å². The summed E-state index contributed by atoms with van der Waals surface area (Å²) in [6.07, 6.45) is -3.00. The number of aromatic nitrogens is 1. The van der Waals surface area contributed by atoms with E-state index in [1.165, 1.54) is 11.0 Å². The predicted molar refractivity (Wildman–Crippen MR) is 107 cm³/mol. The Morgan fingerprint density at radius 2 is 2.07 bits per heavy atom. The van der Waals surface area contributed by atoms with Gasteiger partial charge in [-0.3, -0.25) is 9.88 Å². The van der Waals surface area contributed by atoms with E-state index in [0.717, 1.165) is 16.6 Å². The number of nitrogens with zero attached hydrogens (tertiary/aromatic N) is 2. The van der Waals surface area contributed by atoms with E-state index in [1.807, 2.05) is 6.92 Å². The van der Waals surface area contributed by atoms with Crippen LogP contribution in [-0.2, 0) is 10.9 Å². The summed E-state index contributed by atoms with van der Waals surface area (Å²) in [4.78, 5) is 18.3. The average molecular weight is 472 g/mol. The van der Waals surface area contributed by atoms with Crippen LogP contribution in [0.2, 0.25) is 0 Å². The van der Waals surface area contributed by atoms with Gasteiger partial charge < -0.3 is 10.5 Å². The van der Waals surface area contributed by atoms with Crippen LogP contribution in [0.3, 0.4) is 0 Å². The van der Waals surface area contributed by atoms with Gasteiger partial charge in [0.25, 0.3) is 0 Å². The molecule has 0 saturated heterocycles. The quantitative estimate of drug-likeness (QED) is 0.648. The molecule has 1 aliphatic rings. The summed E-state index contributed by atoms with van der Waals surface area (Å²) in [5, 5.41) is 0. The topological polar surface area (TPSA) is 68.5 Å². The van der Waals surface area contributed by atoms with E-state index >= 15 is 0 Å². The number of carbonyl (C=O) groups excluding carboxylic acids is 1. The molecule has 0 spiro atoms. The zero-order valence-corrected chi connectivity index (χ0v) is 17.5. The van der Waals surface area contributed by atoms with Gasteiger partial charge in [0, 0.05) is 22.3 Å². The van der Waals surface area contributed by atoms with Crippen LogP contribution in [0.15, 0.2) is 41.0 Å². The number of hydrogen-bond donors (Lipinski definition) is 1. The first-order valence-electron chi connectivity index (χ1n) is 9.19. The van der Waals surface area contributed by atoms with Crippen molar-refractivity contribution in [3.8, 4) is 0 Å². The largest absolute Gasteiger partial charge is 0.449 e. The second kappa shape index (κ2) is 7.95. The van der Waals surface area contributed by atoms with Gasteiger partial charge in [0.05, 0.1) is 17.9 Å². The van der Waals surface area contributed by atoms with Gasteiger partial charge in [-0.15, -0.1) is 0 Å². The maximum Gasteiger partial charge on any atom is 0.416 e. The smallest absolute Gasteiger partial charge is 0.416 e. The number of pyridine rings is 1. The third-order valence-corrected chi connectivity index (χ3v) is 5.61. The first-order valence-corrected chi connectivity index (χ1v) is 9.98. The second-order valence-electron chi connectivity index (χ2n) is 6.92. The Morgan fingerprint density at radius 1 is 1.34 bits per heavy atom. The Morgan fingerprint density at radius 3 is 2.62 bits per heavy atom. The maximum absolute atomic E-state index is 13.4. The molecule has 29 heavy (non-hydrogen) atoms. The lowest BCUT2D eigenvalue weighted by molar-refractivity contribution is -0.137. The van der Waals surface area contributed by atoms with Gasteiger partial charge in [-0.2, -0.15) is 13.2 Å². The summed E-state index contributed by atoms with van der Waals surface area (Å²) < 4.78 is 46.1. The van der Waals surface area contributed by atoms with Crippen LogP contribution in [0.4, 0.5) is 23.7 Å². The Hall–Kier alpha value is -2.13. The van der Waals surface area contributed by atoms with E-state index in [1.54, 1.807) is 25.3 Å². The van der Waals surface area contributed by atoms with Crippen molar-refractivity contribution < 1.29 is 22.7 Å². The van der Waals surface area contributed by atoms with Crippen LogP contribution in [0.25, 0.3) is 0 Å². The van der Waals surface area contributed by atoms with Gasteiger partial charge in [-0.1, -0.05) is 6.92 Å². The Balaban J connectivity index is 2.23. The molecule has 2 aromatic rings.